The monoisotopic (exact) mass is 268 g/mol. The van der Waals surface area contributed by atoms with E-state index < -0.39 is 17.5 Å². The largest absolute Gasteiger partial charge is 0.493 e. The smallest absolute Gasteiger partial charge is 0.314 e. The Morgan fingerprint density at radius 3 is 2.21 bits per heavy atom. The van der Waals surface area contributed by atoms with Gasteiger partial charge in [0.2, 0.25) is 0 Å². The first kappa shape index (κ1) is 15.3. The lowest BCUT2D eigenvalue weighted by Crippen LogP contribution is -2.32. The molecule has 0 saturated carbocycles. The van der Waals surface area contributed by atoms with Crippen LogP contribution in [0.5, 0.6) is 11.5 Å². The second-order valence-electron chi connectivity index (χ2n) is 4.73. The molecular weight excluding hydrogens is 248 g/mol. The van der Waals surface area contributed by atoms with Crippen molar-refractivity contribution < 1.29 is 24.1 Å². The Labute approximate surface area is 113 Å². The fourth-order valence-electron chi connectivity index (χ4n) is 1.81. The van der Waals surface area contributed by atoms with Crippen LogP contribution in [0.15, 0.2) is 18.2 Å². The van der Waals surface area contributed by atoms with Gasteiger partial charge in [-0.05, 0) is 31.5 Å². The van der Waals surface area contributed by atoms with Gasteiger partial charge in [0.25, 0.3) is 0 Å². The predicted octanol–water partition coefficient (Wildman–Crippen LogP) is 1.94. The summed E-state index contributed by atoms with van der Waals surface area (Å²) in [7, 11) is 4.34. The highest BCUT2D eigenvalue weighted by molar-refractivity contribution is 5.76. The van der Waals surface area contributed by atoms with Gasteiger partial charge >= 0.3 is 5.97 Å². The molecule has 0 amide bonds. The fourth-order valence-corrected chi connectivity index (χ4v) is 1.81. The normalized spacial score (nSPS) is 12.7. The Balaban J connectivity index is 3.13. The molecule has 0 bridgehead atoms. The zero-order valence-electron chi connectivity index (χ0n) is 11.9. The zero-order valence-corrected chi connectivity index (χ0v) is 11.9. The second-order valence-corrected chi connectivity index (χ2v) is 4.73. The number of esters is 1. The van der Waals surface area contributed by atoms with Crippen LogP contribution in [0.3, 0.4) is 0 Å². The lowest BCUT2D eigenvalue weighted by atomic mass is 9.82. The van der Waals surface area contributed by atoms with Crippen LogP contribution in [0.25, 0.3) is 0 Å². The summed E-state index contributed by atoms with van der Waals surface area (Å²) in [6.45, 7) is 3.25. The Morgan fingerprint density at radius 1 is 1.16 bits per heavy atom. The minimum Gasteiger partial charge on any atom is -0.493 e. The van der Waals surface area contributed by atoms with Crippen molar-refractivity contribution >= 4 is 5.97 Å². The van der Waals surface area contributed by atoms with Crippen LogP contribution in [0.2, 0.25) is 0 Å². The summed E-state index contributed by atoms with van der Waals surface area (Å²) >= 11 is 0. The molecular formula is C14H20O5. The van der Waals surface area contributed by atoms with E-state index in [0.717, 1.165) is 0 Å². The van der Waals surface area contributed by atoms with Crippen LogP contribution >= 0.6 is 0 Å². The number of rotatable bonds is 5. The van der Waals surface area contributed by atoms with Crippen LogP contribution in [0.1, 0.15) is 25.5 Å². The first-order chi connectivity index (χ1) is 8.88. The number of aliphatic hydroxyl groups excluding tert-OH is 1. The summed E-state index contributed by atoms with van der Waals surface area (Å²) in [6.07, 6.45) is -1.00. The van der Waals surface area contributed by atoms with Crippen LogP contribution < -0.4 is 9.47 Å². The SMILES string of the molecule is COC(=O)C(C)(C)C(O)c1ccc(OC)c(OC)c1. The molecule has 1 rings (SSSR count). The Bertz CT molecular complexity index is 453. The van der Waals surface area contributed by atoms with Crippen molar-refractivity contribution in [3.05, 3.63) is 23.8 Å². The quantitative estimate of drug-likeness (QED) is 0.827. The topological polar surface area (TPSA) is 65.0 Å². The highest BCUT2D eigenvalue weighted by atomic mass is 16.5. The number of carbonyl (C=O) groups is 1. The molecule has 0 spiro atoms. The average molecular weight is 268 g/mol. The summed E-state index contributed by atoms with van der Waals surface area (Å²) in [5.74, 6) is 0.587. The molecule has 0 heterocycles. The molecule has 1 atom stereocenters. The standard InChI is InChI=1S/C14H20O5/c1-14(2,13(16)19-5)12(15)9-6-7-10(17-3)11(8-9)18-4/h6-8,12,15H,1-5H3. The molecule has 106 valence electrons. The Hall–Kier alpha value is -1.75. The highest BCUT2D eigenvalue weighted by Gasteiger charge is 2.38. The van der Waals surface area contributed by atoms with Gasteiger partial charge in [-0.1, -0.05) is 6.07 Å². The molecule has 0 aromatic heterocycles. The van der Waals surface area contributed by atoms with Crippen molar-refractivity contribution in [3.63, 3.8) is 0 Å². The van der Waals surface area contributed by atoms with Crippen LogP contribution in [-0.2, 0) is 9.53 Å². The molecule has 0 saturated heterocycles. The minimum absolute atomic E-state index is 0.477. The maximum atomic E-state index is 11.7. The van der Waals surface area contributed by atoms with Gasteiger partial charge in [-0.25, -0.2) is 0 Å². The first-order valence-electron chi connectivity index (χ1n) is 5.86. The Kier molecular flexibility index (Phi) is 4.78. The van der Waals surface area contributed by atoms with Gasteiger partial charge < -0.3 is 19.3 Å². The molecule has 1 aromatic carbocycles. The van der Waals surface area contributed by atoms with Crippen LogP contribution in [-0.4, -0.2) is 32.4 Å². The van der Waals surface area contributed by atoms with Gasteiger partial charge in [0.1, 0.15) is 0 Å². The summed E-state index contributed by atoms with van der Waals surface area (Å²) in [4.78, 5) is 11.7. The fraction of sp³-hybridized carbons (Fsp3) is 0.500. The molecule has 5 heteroatoms. The minimum atomic E-state index is -1.05. The molecule has 1 N–H and O–H groups in total. The predicted molar refractivity (Wildman–Crippen MR) is 70.3 cm³/mol. The van der Waals surface area contributed by atoms with E-state index in [1.165, 1.54) is 21.3 Å². The summed E-state index contributed by atoms with van der Waals surface area (Å²) < 4.78 is 15.0. The maximum Gasteiger partial charge on any atom is 0.314 e. The zero-order chi connectivity index (χ0) is 14.6. The number of hydrogen-bond acceptors (Lipinski definition) is 5. The molecule has 0 radical (unpaired) electrons. The van der Waals surface area contributed by atoms with Crippen molar-refractivity contribution in [2.24, 2.45) is 5.41 Å². The van der Waals surface area contributed by atoms with E-state index in [9.17, 15) is 9.90 Å². The third-order valence-corrected chi connectivity index (χ3v) is 3.12. The molecule has 0 aliphatic heterocycles. The molecule has 1 unspecified atom stereocenters. The molecule has 0 aliphatic rings. The Morgan fingerprint density at radius 2 is 1.74 bits per heavy atom. The van der Waals surface area contributed by atoms with Crippen molar-refractivity contribution in [1.29, 1.82) is 0 Å². The summed E-state index contributed by atoms with van der Waals surface area (Å²) in [5.41, 5.74) is -0.484. The van der Waals surface area contributed by atoms with Gasteiger partial charge in [-0.2, -0.15) is 0 Å². The third kappa shape index (κ3) is 2.98. The van der Waals surface area contributed by atoms with Crippen LogP contribution in [0, 0.1) is 5.41 Å². The van der Waals surface area contributed by atoms with Gasteiger partial charge in [0, 0.05) is 0 Å². The van der Waals surface area contributed by atoms with Crippen molar-refractivity contribution in [3.8, 4) is 11.5 Å². The van der Waals surface area contributed by atoms with E-state index in [2.05, 4.69) is 0 Å². The number of aliphatic hydroxyl groups is 1. The molecule has 0 fully saturated rings. The van der Waals surface area contributed by atoms with Crippen molar-refractivity contribution in [1.82, 2.24) is 0 Å². The van der Waals surface area contributed by atoms with E-state index >= 15 is 0 Å². The van der Waals surface area contributed by atoms with Gasteiger partial charge in [0.05, 0.1) is 32.8 Å². The number of methoxy groups -OCH3 is 3. The average Bonchev–Trinajstić information content (AvgIpc) is 2.44. The molecule has 1 aromatic rings. The first-order valence-corrected chi connectivity index (χ1v) is 5.86. The van der Waals surface area contributed by atoms with E-state index in [4.69, 9.17) is 14.2 Å². The number of carbonyl (C=O) groups excluding carboxylic acids is 1. The van der Waals surface area contributed by atoms with Gasteiger partial charge in [-0.15, -0.1) is 0 Å². The third-order valence-electron chi connectivity index (χ3n) is 3.12. The molecule has 5 nitrogen and oxygen atoms in total. The number of ether oxygens (including phenoxy) is 3. The highest BCUT2D eigenvalue weighted by Crippen LogP contribution is 2.38. The lowest BCUT2D eigenvalue weighted by Gasteiger charge is -2.28. The van der Waals surface area contributed by atoms with E-state index in [1.807, 2.05) is 0 Å². The summed E-state index contributed by atoms with van der Waals surface area (Å²) in [6, 6.07) is 5.02. The maximum absolute atomic E-state index is 11.7. The van der Waals surface area contributed by atoms with Crippen LogP contribution in [0.4, 0.5) is 0 Å². The molecule has 19 heavy (non-hydrogen) atoms. The van der Waals surface area contributed by atoms with Gasteiger partial charge in [0.15, 0.2) is 11.5 Å². The van der Waals surface area contributed by atoms with E-state index in [-0.39, 0.29) is 0 Å². The van der Waals surface area contributed by atoms with Gasteiger partial charge in [-0.3, -0.25) is 4.79 Å². The lowest BCUT2D eigenvalue weighted by molar-refractivity contribution is -0.157. The summed E-state index contributed by atoms with van der Waals surface area (Å²) in [5, 5.41) is 10.3. The number of hydrogen-bond donors (Lipinski definition) is 1. The number of benzene rings is 1. The van der Waals surface area contributed by atoms with Crippen molar-refractivity contribution in [2.45, 2.75) is 20.0 Å². The van der Waals surface area contributed by atoms with Crippen molar-refractivity contribution in [2.75, 3.05) is 21.3 Å². The van der Waals surface area contributed by atoms with E-state index in [1.54, 1.807) is 32.0 Å². The van der Waals surface area contributed by atoms with E-state index in [0.29, 0.717) is 17.1 Å². The molecule has 0 aliphatic carbocycles. The second kappa shape index (κ2) is 5.93.